The van der Waals surface area contributed by atoms with E-state index in [-0.39, 0.29) is 0 Å². The highest BCUT2D eigenvalue weighted by Gasteiger charge is 2.20. The molecule has 3 heteroatoms. The molecule has 1 aromatic heterocycles. The molecular weight excluding hydrogens is 222 g/mol. The maximum atomic E-state index is 4.38. The largest absolute Gasteiger partial charge is 0.334 e. The van der Waals surface area contributed by atoms with Crippen molar-refractivity contribution >= 4 is 0 Å². The van der Waals surface area contributed by atoms with Crippen molar-refractivity contribution in [1.29, 1.82) is 0 Å². The molecule has 1 aromatic rings. The van der Waals surface area contributed by atoms with E-state index < -0.39 is 0 Å². The Balaban J connectivity index is 1.59. The summed E-state index contributed by atoms with van der Waals surface area (Å²) >= 11 is 0. The average Bonchev–Trinajstić information content (AvgIpc) is 3.09. The Hall–Kier alpha value is -0.830. The van der Waals surface area contributed by atoms with Gasteiger partial charge in [-0.15, -0.1) is 0 Å². The minimum atomic E-state index is 0.685. The fraction of sp³-hybridized carbons (Fsp3) is 0.800. The van der Waals surface area contributed by atoms with Gasteiger partial charge in [-0.1, -0.05) is 25.7 Å². The molecule has 1 aliphatic heterocycles. The van der Waals surface area contributed by atoms with Crippen LogP contribution in [0.1, 0.15) is 56.6 Å². The van der Waals surface area contributed by atoms with Gasteiger partial charge in [0.05, 0.1) is 6.33 Å². The SMILES string of the molecule is c1ncn(CCC2CCCC2)c1C1CCCNC1. The number of hydrogen-bond donors (Lipinski definition) is 1. The Morgan fingerprint density at radius 3 is 2.89 bits per heavy atom. The summed E-state index contributed by atoms with van der Waals surface area (Å²) in [7, 11) is 0. The van der Waals surface area contributed by atoms with Gasteiger partial charge in [0.2, 0.25) is 0 Å². The van der Waals surface area contributed by atoms with E-state index in [2.05, 4.69) is 21.1 Å². The minimum Gasteiger partial charge on any atom is -0.334 e. The van der Waals surface area contributed by atoms with E-state index in [0.717, 1.165) is 12.5 Å². The van der Waals surface area contributed by atoms with Crippen LogP contribution in [0.4, 0.5) is 0 Å². The van der Waals surface area contributed by atoms with Gasteiger partial charge in [-0.25, -0.2) is 4.98 Å². The van der Waals surface area contributed by atoms with Gasteiger partial charge in [-0.05, 0) is 31.7 Å². The topological polar surface area (TPSA) is 29.9 Å². The van der Waals surface area contributed by atoms with Gasteiger partial charge in [0.1, 0.15) is 0 Å². The molecule has 3 nitrogen and oxygen atoms in total. The molecule has 18 heavy (non-hydrogen) atoms. The van der Waals surface area contributed by atoms with E-state index in [4.69, 9.17) is 0 Å². The molecule has 0 bridgehead atoms. The first kappa shape index (κ1) is 12.2. The van der Waals surface area contributed by atoms with Crippen LogP contribution in [0.3, 0.4) is 0 Å². The van der Waals surface area contributed by atoms with Crippen molar-refractivity contribution in [3.05, 3.63) is 18.2 Å². The Labute approximate surface area is 110 Å². The molecule has 0 aromatic carbocycles. The third kappa shape index (κ3) is 2.77. The molecule has 1 saturated heterocycles. The fourth-order valence-corrected chi connectivity index (χ4v) is 3.58. The first-order chi connectivity index (χ1) is 8.93. The van der Waals surface area contributed by atoms with Crippen LogP contribution >= 0.6 is 0 Å². The van der Waals surface area contributed by atoms with Crippen LogP contribution in [0.2, 0.25) is 0 Å². The van der Waals surface area contributed by atoms with Crippen molar-refractivity contribution in [2.75, 3.05) is 13.1 Å². The fourth-order valence-electron chi connectivity index (χ4n) is 3.58. The van der Waals surface area contributed by atoms with Crippen LogP contribution < -0.4 is 5.32 Å². The lowest BCUT2D eigenvalue weighted by Crippen LogP contribution is -2.29. The summed E-state index contributed by atoms with van der Waals surface area (Å²) in [5.41, 5.74) is 1.46. The second kappa shape index (κ2) is 5.87. The number of hydrogen-bond acceptors (Lipinski definition) is 2. The highest BCUT2D eigenvalue weighted by molar-refractivity contribution is 5.08. The Morgan fingerprint density at radius 1 is 1.22 bits per heavy atom. The Bertz CT molecular complexity index is 360. The Kier molecular flexibility index (Phi) is 3.99. The van der Waals surface area contributed by atoms with Gasteiger partial charge >= 0.3 is 0 Å². The molecular formula is C15H25N3. The van der Waals surface area contributed by atoms with Crippen molar-refractivity contribution in [3.63, 3.8) is 0 Å². The second-order valence-electron chi connectivity index (χ2n) is 5.99. The monoisotopic (exact) mass is 247 g/mol. The Morgan fingerprint density at radius 2 is 2.11 bits per heavy atom. The summed E-state index contributed by atoms with van der Waals surface area (Å²) in [6, 6.07) is 0. The number of nitrogens with zero attached hydrogens (tertiary/aromatic N) is 2. The summed E-state index contributed by atoms with van der Waals surface area (Å²) in [6.45, 7) is 3.50. The molecule has 1 unspecified atom stereocenters. The predicted octanol–water partition coefficient (Wildman–Crippen LogP) is 2.93. The number of imidazole rings is 1. The summed E-state index contributed by atoms with van der Waals surface area (Å²) in [4.78, 5) is 4.38. The first-order valence-corrected chi connectivity index (χ1v) is 7.64. The molecule has 0 spiro atoms. The van der Waals surface area contributed by atoms with Crippen LogP contribution in [-0.4, -0.2) is 22.6 Å². The van der Waals surface area contributed by atoms with Gasteiger partial charge < -0.3 is 9.88 Å². The number of aryl methyl sites for hydroxylation is 1. The zero-order valence-corrected chi connectivity index (χ0v) is 11.3. The average molecular weight is 247 g/mol. The lowest BCUT2D eigenvalue weighted by Gasteiger charge is -2.24. The van der Waals surface area contributed by atoms with E-state index in [0.29, 0.717) is 5.92 Å². The summed E-state index contributed by atoms with van der Waals surface area (Å²) in [5.74, 6) is 1.66. The van der Waals surface area contributed by atoms with Crippen LogP contribution in [0.15, 0.2) is 12.5 Å². The van der Waals surface area contributed by atoms with Gasteiger partial charge in [-0.3, -0.25) is 0 Å². The van der Waals surface area contributed by atoms with E-state index >= 15 is 0 Å². The van der Waals surface area contributed by atoms with Crippen LogP contribution in [0, 0.1) is 5.92 Å². The van der Waals surface area contributed by atoms with Crippen molar-refractivity contribution in [2.24, 2.45) is 5.92 Å². The van der Waals surface area contributed by atoms with Gasteiger partial charge in [0.25, 0.3) is 0 Å². The first-order valence-electron chi connectivity index (χ1n) is 7.64. The van der Waals surface area contributed by atoms with Crippen molar-refractivity contribution in [3.8, 4) is 0 Å². The molecule has 3 rings (SSSR count). The normalized spacial score (nSPS) is 25.7. The molecule has 2 aliphatic rings. The quantitative estimate of drug-likeness (QED) is 0.886. The smallest absolute Gasteiger partial charge is 0.0948 e. The van der Waals surface area contributed by atoms with E-state index in [1.54, 1.807) is 0 Å². The predicted molar refractivity (Wildman–Crippen MR) is 73.6 cm³/mol. The molecule has 0 amide bonds. The van der Waals surface area contributed by atoms with E-state index in [9.17, 15) is 0 Å². The highest BCUT2D eigenvalue weighted by Crippen LogP contribution is 2.29. The number of aromatic nitrogens is 2. The number of nitrogens with one attached hydrogen (secondary N) is 1. The molecule has 100 valence electrons. The molecule has 1 atom stereocenters. The van der Waals surface area contributed by atoms with Crippen LogP contribution in [0.5, 0.6) is 0 Å². The maximum absolute atomic E-state index is 4.38. The van der Waals surface area contributed by atoms with Gasteiger partial charge in [0.15, 0.2) is 0 Å². The summed E-state index contributed by atoms with van der Waals surface area (Å²) < 4.78 is 2.41. The number of rotatable bonds is 4. The highest BCUT2D eigenvalue weighted by atomic mass is 15.1. The lowest BCUT2D eigenvalue weighted by molar-refractivity contribution is 0.417. The van der Waals surface area contributed by atoms with Crippen molar-refractivity contribution < 1.29 is 0 Å². The molecule has 2 fully saturated rings. The zero-order chi connectivity index (χ0) is 12.2. The molecule has 1 saturated carbocycles. The third-order valence-electron chi connectivity index (χ3n) is 4.71. The molecule has 0 radical (unpaired) electrons. The van der Waals surface area contributed by atoms with Crippen molar-refractivity contribution in [1.82, 2.24) is 14.9 Å². The molecule has 1 N–H and O–H groups in total. The van der Waals surface area contributed by atoms with E-state index in [1.807, 2.05) is 6.33 Å². The second-order valence-corrected chi connectivity index (χ2v) is 5.99. The van der Waals surface area contributed by atoms with Crippen molar-refractivity contribution in [2.45, 2.75) is 57.4 Å². The third-order valence-corrected chi connectivity index (χ3v) is 4.71. The van der Waals surface area contributed by atoms with E-state index in [1.165, 1.54) is 63.7 Å². The summed E-state index contributed by atoms with van der Waals surface area (Å²) in [5, 5.41) is 3.51. The number of piperidine rings is 1. The molecule has 2 heterocycles. The van der Waals surface area contributed by atoms with Gasteiger partial charge in [-0.2, -0.15) is 0 Å². The molecule has 1 aliphatic carbocycles. The minimum absolute atomic E-state index is 0.685. The lowest BCUT2D eigenvalue weighted by atomic mass is 9.96. The summed E-state index contributed by atoms with van der Waals surface area (Å²) in [6.07, 6.45) is 13.9. The van der Waals surface area contributed by atoms with Crippen LogP contribution in [-0.2, 0) is 6.54 Å². The maximum Gasteiger partial charge on any atom is 0.0948 e. The zero-order valence-electron chi connectivity index (χ0n) is 11.3. The standard InChI is InChI=1S/C15H25N3/c1-2-5-13(4-1)7-9-18-12-17-11-15(18)14-6-3-8-16-10-14/h11-14,16H,1-10H2. The van der Waals surface area contributed by atoms with Crippen LogP contribution in [0.25, 0.3) is 0 Å². The van der Waals surface area contributed by atoms with Gasteiger partial charge in [0, 0.05) is 30.9 Å².